The van der Waals surface area contributed by atoms with E-state index >= 15 is 0 Å². The number of aryl methyl sites for hydroxylation is 1. The molecule has 2 aromatic rings. The number of phenolic OH excluding ortho intramolecular Hbond substituents is 1. The van der Waals surface area contributed by atoms with E-state index in [2.05, 4.69) is 61.5 Å². The largest absolute Gasteiger partial charge is 0.508 e. The smallest absolute Gasteiger partial charge is 0.271 e. The van der Waals surface area contributed by atoms with Crippen LogP contribution >= 0.6 is 0 Å². The number of rotatable bonds is 3. The van der Waals surface area contributed by atoms with Crippen LogP contribution < -0.4 is 10.3 Å². The van der Waals surface area contributed by atoms with Crippen LogP contribution in [0, 0.1) is 6.92 Å². The highest BCUT2D eigenvalue weighted by molar-refractivity contribution is 5.95. The monoisotopic (exact) mass is 363 g/mol. The molecule has 0 fully saturated rings. The van der Waals surface area contributed by atoms with Gasteiger partial charge in [-0.15, -0.1) is 0 Å². The van der Waals surface area contributed by atoms with Crippen molar-refractivity contribution in [3.63, 3.8) is 0 Å². The minimum absolute atomic E-state index is 0.0305. The van der Waals surface area contributed by atoms with Crippen molar-refractivity contribution in [2.75, 3.05) is 11.9 Å². The second-order valence-corrected chi connectivity index (χ2v) is 7.51. The Balaban J connectivity index is 1.82. The lowest BCUT2D eigenvalue weighted by atomic mass is 9.87. The van der Waals surface area contributed by atoms with Gasteiger partial charge in [0.1, 0.15) is 5.75 Å². The summed E-state index contributed by atoms with van der Waals surface area (Å²) in [5.74, 6) is -0.198. The van der Waals surface area contributed by atoms with Gasteiger partial charge in [-0.25, -0.2) is 5.43 Å². The standard InChI is InChI=1S/C22H25N3O2/c1-14-10-20-19(15(2)12-22(3,4)25(20)5)11-17(14)13-23-24-21(27)16-6-8-18(26)9-7-16/h6-13,26H,1-5H3,(H,24,27)/b23-13+. The number of anilines is 1. The molecular formula is C22H25N3O2. The van der Waals surface area contributed by atoms with Gasteiger partial charge in [0.25, 0.3) is 5.91 Å². The van der Waals surface area contributed by atoms with Crippen molar-refractivity contribution in [3.05, 3.63) is 64.7 Å². The lowest BCUT2D eigenvalue weighted by molar-refractivity contribution is 0.0955. The molecule has 0 aliphatic carbocycles. The van der Waals surface area contributed by atoms with E-state index < -0.39 is 0 Å². The maximum atomic E-state index is 12.1. The quantitative estimate of drug-likeness (QED) is 0.637. The summed E-state index contributed by atoms with van der Waals surface area (Å²) in [6, 6.07) is 10.3. The molecule has 5 heteroatoms. The van der Waals surface area contributed by atoms with Gasteiger partial charge in [-0.2, -0.15) is 5.10 Å². The van der Waals surface area contributed by atoms with Crippen LogP contribution in [0.2, 0.25) is 0 Å². The van der Waals surface area contributed by atoms with Crippen molar-refractivity contribution in [2.45, 2.75) is 33.2 Å². The van der Waals surface area contributed by atoms with Crippen LogP contribution in [0.1, 0.15) is 47.8 Å². The van der Waals surface area contributed by atoms with Gasteiger partial charge in [0.05, 0.1) is 11.8 Å². The Morgan fingerprint density at radius 2 is 1.85 bits per heavy atom. The normalized spacial score (nSPS) is 15.4. The molecule has 1 amide bonds. The average molecular weight is 363 g/mol. The van der Waals surface area contributed by atoms with E-state index in [0.29, 0.717) is 5.56 Å². The highest BCUT2D eigenvalue weighted by Gasteiger charge is 2.28. The predicted octanol–water partition coefficient (Wildman–Crippen LogP) is 4.10. The van der Waals surface area contributed by atoms with Gasteiger partial charge >= 0.3 is 0 Å². The third-order valence-electron chi connectivity index (χ3n) is 5.10. The van der Waals surface area contributed by atoms with Gasteiger partial charge in [-0.05, 0) is 80.8 Å². The predicted molar refractivity (Wildman–Crippen MR) is 110 cm³/mol. The zero-order valence-corrected chi connectivity index (χ0v) is 16.4. The van der Waals surface area contributed by atoms with Crippen LogP contribution in [0.4, 0.5) is 5.69 Å². The van der Waals surface area contributed by atoms with Crippen LogP contribution in [-0.4, -0.2) is 29.8 Å². The molecule has 1 aliphatic rings. The fourth-order valence-corrected chi connectivity index (χ4v) is 3.29. The number of phenols is 1. The molecule has 0 atom stereocenters. The Morgan fingerprint density at radius 1 is 1.19 bits per heavy atom. The molecule has 1 aliphatic heterocycles. The molecule has 0 saturated carbocycles. The number of hydrazone groups is 1. The Labute approximate surface area is 160 Å². The maximum Gasteiger partial charge on any atom is 0.271 e. The molecule has 0 radical (unpaired) electrons. The molecule has 0 aromatic heterocycles. The van der Waals surface area contributed by atoms with Crippen LogP contribution in [0.25, 0.3) is 5.57 Å². The first-order valence-electron chi connectivity index (χ1n) is 8.90. The summed E-state index contributed by atoms with van der Waals surface area (Å²) in [5, 5.41) is 13.4. The van der Waals surface area contributed by atoms with Gasteiger partial charge in [0.2, 0.25) is 0 Å². The van der Waals surface area contributed by atoms with Crippen molar-refractivity contribution in [3.8, 4) is 5.75 Å². The number of carbonyl (C=O) groups excluding carboxylic acids is 1. The van der Waals surface area contributed by atoms with Gasteiger partial charge in [0, 0.05) is 23.9 Å². The van der Waals surface area contributed by atoms with Gasteiger partial charge in [0.15, 0.2) is 0 Å². The highest BCUT2D eigenvalue weighted by Crippen LogP contribution is 2.38. The van der Waals surface area contributed by atoms with Crippen molar-refractivity contribution in [2.24, 2.45) is 5.10 Å². The maximum absolute atomic E-state index is 12.1. The molecule has 0 unspecified atom stereocenters. The lowest BCUT2D eigenvalue weighted by Gasteiger charge is -2.41. The summed E-state index contributed by atoms with van der Waals surface area (Å²) in [5.41, 5.74) is 8.59. The Hall–Kier alpha value is -3.08. The van der Waals surface area contributed by atoms with Crippen molar-refractivity contribution >= 4 is 23.4 Å². The molecule has 5 nitrogen and oxygen atoms in total. The Morgan fingerprint density at radius 3 is 2.52 bits per heavy atom. The SMILES string of the molecule is CC1=CC(C)(C)N(C)c2cc(C)c(/C=N/NC(=O)c3ccc(O)cc3)cc21. The number of allylic oxidation sites excluding steroid dienone is 1. The zero-order valence-electron chi connectivity index (χ0n) is 16.4. The van der Waals surface area contributed by atoms with E-state index in [4.69, 9.17) is 0 Å². The van der Waals surface area contributed by atoms with E-state index in [9.17, 15) is 9.90 Å². The summed E-state index contributed by atoms with van der Waals surface area (Å²) in [7, 11) is 2.10. The minimum atomic E-state index is -0.320. The average Bonchev–Trinajstić information content (AvgIpc) is 2.61. The Kier molecular flexibility index (Phi) is 4.79. The van der Waals surface area contributed by atoms with E-state index in [-0.39, 0.29) is 17.2 Å². The molecule has 2 aromatic carbocycles. The third-order valence-corrected chi connectivity index (χ3v) is 5.10. The third kappa shape index (κ3) is 3.72. The first-order valence-corrected chi connectivity index (χ1v) is 8.90. The van der Waals surface area contributed by atoms with Crippen molar-refractivity contribution < 1.29 is 9.90 Å². The second kappa shape index (κ2) is 6.91. The number of aromatic hydroxyl groups is 1. The highest BCUT2D eigenvalue weighted by atomic mass is 16.3. The Bertz CT molecular complexity index is 941. The van der Waals surface area contributed by atoms with Crippen molar-refractivity contribution in [1.29, 1.82) is 0 Å². The number of nitrogens with one attached hydrogen (secondary N) is 1. The van der Waals surface area contributed by atoms with Crippen LogP contribution in [0.5, 0.6) is 5.75 Å². The summed E-state index contributed by atoms with van der Waals surface area (Å²) in [6.07, 6.45) is 3.93. The molecule has 3 rings (SSSR count). The van der Waals surface area contributed by atoms with Gasteiger partial charge in [-0.1, -0.05) is 6.08 Å². The topological polar surface area (TPSA) is 64.9 Å². The first-order chi connectivity index (χ1) is 12.7. The number of nitrogens with zero attached hydrogens (tertiary/aromatic N) is 2. The molecule has 0 spiro atoms. The number of likely N-dealkylation sites (N-methyl/N-ethyl adjacent to an activating group) is 1. The van der Waals surface area contributed by atoms with E-state index in [0.717, 1.165) is 11.1 Å². The minimum Gasteiger partial charge on any atom is -0.508 e. The van der Waals surface area contributed by atoms with Crippen LogP contribution in [-0.2, 0) is 0 Å². The summed E-state index contributed by atoms with van der Waals surface area (Å²) < 4.78 is 0. The van der Waals surface area contributed by atoms with E-state index in [1.807, 2.05) is 6.92 Å². The fourth-order valence-electron chi connectivity index (χ4n) is 3.29. The number of amides is 1. The fraction of sp³-hybridized carbons (Fsp3) is 0.273. The summed E-state index contributed by atoms with van der Waals surface area (Å²) >= 11 is 0. The van der Waals surface area contributed by atoms with Crippen LogP contribution in [0.3, 0.4) is 0 Å². The number of benzene rings is 2. The van der Waals surface area contributed by atoms with E-state index in [1.165, 1.54) is 29.0 Å². The zero-order chi connectivity index (χ0) is 19.8. The van der Waals surface area contributed by atoms with Crippen LogP contribution in [0.15, 0.2) is 47.6 Å². The molecule has 1 heterocycles. The number of carbonyl (C=O) groups is 1. The summed E-state index contributed by atoms with van der Waals surface area (Å²) in [4.78, 5) is 14.4. The number of fused-ring (bicyclic) bond motifs is 1. The summed E-state index contributed by atoms with van der Waals surface area (Å²) in [6.45, 7) is 8.56. The molecule has 140 valence electrons. The molecule has 0 bridgehead atoms. The lowest BCUT2D eigenvalue weighted by Crippen LogP contribution is -2.42. The molecule has 27 heavy (non-hydrogen) atoms. The molecule has 0 saturated heterocycles. The van der Waals surface area contributed by atoms with E-state index in [1.54, 1.807) is 18.3 Å². The second-order valence-electron chi connectivity index (χ2n) is 7.51. The van der Waals surface area contributed by atoms with Crippen molar-refractivity contribution in [1.82, 2.24) is 5.43 Å². The molecular weight excluding hydrogens is 338 g/mol. The van der Waals surface area contributed by atoms with Gasteiger partial charge in [-0.3, -0.25) is 4.79 Å². The number of hydrogen-bond donors (Lipinski definition) is 2. The number of hydrogen-bond acceptors (Lipinski definition) is 4. The van der Waals surface area contributed by atoms with Gasteiger partial charge < -0.3 is 10.0 Å². The molecule has 2 N–H and O–H groups in total. The first kappa shape index (κ1) is 18.7.